The third-order valence-corrected chi connectivity index (χ3v) is 5.70. The third kappa shape index (κ3) is 3.35. The molecule has 2 saturated heterocycles. The van der Waals surface area contributed by atoms with E-state index in [0.717, 1.165) is 18.6 Å². The number of carbonyl (C=O) groups is 2. The van der Waals surface area contributed by atoms with E-state index in [-0.39, 0.29) is 40.7 Å². The smallest absolute Gasteiger partial charge is 0.257 e. The summed E-state index contributed by atoms with van der Waals surface area (Å²) in [6.45, 7) is 1.31. The Hall–Kier alpha value is -3.29. The van der Waals surface area contributed by atoms with Crippen LogP contribution in [0.4, 0.5) is 4.39 Å². The van der Waals surface area contributed by atoms with E-state index in [0.29, 0.717) is 25.2 Å². The Morgan fingerprint density at radius 2 is 1.90 bits per heavy atom. The Bertz CT molecular complexity index is 980. The van der Waals surface area contributed by atoms with E-state index in [1.54, 1.807) is 4.90 Å². The number of ether oxygens (including phenoxy) is 1. The van der Waals surface area contributed by atoms with E-state index in [4.69, 9.17) is 4.74 Å². The van der Waals surface area contributed by atoms with Gasteiger partial charge in [-0.3, -0.25) is 9.59 Å². The Morgan fingerprint density at radius 3 is 2.66 bits per heavy atom. The van der Waals surface area contributed by atoms with Crippen LogP contribution in [0.2, 0.25) is 0 Å². The van der Waals surface area contributed by atoms with E-state index < -0.39 is 11.7 Å². The molecule has 2 N–H and O–H groups in total. The number of halogens is 1. The summed E-state index contributed by atoms with van der Waals surface area (Å²) in [5.74, 6) is -1.27. The number of fused-ring (bicyclic) bond motifs is 1. The number of nitrogens with zero attached hydrogens (tertiary/aromatic N) is 2. The minimum atomic E-state index is -0.686. The maximum atomic E-state index is 14.0. The van der Waals surface area contributed by atoms with Crippen molar-refractivity contribution >= 4 is 11.8 Å². The van der Waals surface area contributed by atoms with Crippen LogP contribution in [0.25, 0.3) is 0 Å². The van der Waals surface area contributed by atoms with Gasteiger partial charge in [0.1, 0.15) is 11.6 Å². The fourth-order valence-corrected chi connectivity index (χ4v) is 4.20. The third-order valence-electron chi connectivity index (χ3n) is 5.70. The highest BCUT2D eigenvalue weighted by molar-refractivity contribution is 5.96. The van der Waals surface area contributed by atoms with Crippen LogP contribution in [-0.2, 0) is 0 Å². The fraction of sp³-hybridized carbons (Fsp3) is 0.333. The zero-order valence-electron chi connectivity index (χ0n) is 15.8. The lowest BCUT2D eigenvalue weighted by molar-refractivity contribution is 0.0687. The van der Waals surface area contributed by atoms with E-state index in [9.17, 15) is 24.2 Å². The van der Waals surface area contributed by atoms with E-state index >= 15 is 0 Å². The summed E-state index contributed by atoms with van der Waals surface area (Å²) in [6.07, 6.45) is 0.748. The Balaban J connectivity index is 1.52. The highest BCUT2D eigenvalue weighted by atomic mass is 19.1. The van der Waals surface area contributed by atoms with Crippen LogP contribution in [0.1, 0.15) is 27.1 Å². The summed E-state index contributed by atoms with van der Waals surface area (Å²) < 4.78 is 19.1. The van der Waals surface area contributed by atoms with Crippen molar-refractivity contribution in [2.24, 2.45) is 5.92 Å². The van der Waals surface area contributed by atoms with Crippen LogP contribution in [0.15, 0.2) is 36.4 Å². The number of phenolic OH excluding ortho intramolecular Hbond substituents is 2. The zero-order chi connectivity index (χ0) is 20.7. The molecule has 2 aliphatic heterocycles. The molecule has 4 rings (SSSR count). The van der Waals surface area contributed by atoms with Gasteiger partial charge in [0.2, 0.25) is 0 Å². The molecule has 2 unspecified atom stereocenters. The first-order valence-corrected chi connectivity index (χ1v) is 9.35. The molecule has 2 aliphatic rings. The van der Waals surface area contributed by atoms with E-state index in [1.165, 1.54) is 36.3 Å². The zero-order valence-corrected chi connectivity index (χ0v) is 15.8. The molecule has 0 spiro atoms. The quantitative estimate of drug-likeness (QED) is 0.825. The second-order valence-electron chi connectivity index (χ2n) is 7.38. The molecule has 0 bridgehead atoms. The van der Waals surface area contributed by atoms with Gasteiger partial charge in [0, 0.05) is 31.1 Å². The van der Waals surface area contributed by atoms with Gasteiger partial charge >= 0.3 is 0 Å². The molecule has 152 valence electrons. The number of rotatable bonds is 3. The van der Waals surface area contributed by atoms with Gasteiger partial charge in [0.15, 0.2) is 11.5 Å². The average molecular weight is 400 g/mol. The summed E-state index contributed by atoms with van der Waals surface area (Å²) in [7, 11) is 1.41. The maximum Gasteiger partial charge on any atom is 0.257 e. The number of carbonyl (C=O) groups excluding carboxylic acids is 2. The van der Waals surface area contributed by atoms with Crippen LogP contribution in [0.5, 0.6) is 17.2 Å². The predicted octanol–water partition coefficient (Wildman–Crippen LogP) is 2.23. The van der Waals surface area contributed by atoms with Crippen LogP contribution >= 0.6 is 0 Å². The van der Waals surface area contributed by atoms with Crippen molar-refractivity contribution in [3.05, 3.63) is 53.3 Å². The molecule has 2 aromatic carbocycles. The van der Waals surface area contributed by atoms with Crippen LogP contribution < -0.4 is 4.74 Å². The van der Waals surface area contributed by atoms with Gasteiger partial charge in [-0.1, -0.05) is 0 Å². The molecule has 29 heavy (non-hydrogen) atoms. The number of phenols is 2. The second kappa shape index (κ2) is 7.27. The van der Waals surface area contributed by atoms with Crippen molar-refractivity contribution in [3.63, 3.8) is 0 Å². The normalized spacial score (nSPS) is 20.6. The van der Waals surface area contributed by atoms with Crippen molar-refractivity contribution in [2.45, 2.75) is 12.5 Å². The van der Waals surface area contributed by atoms with Gasteiger partial charge in [0.25, 0.3) is 11.8 Å². The SMILES string of the molecule is COc1cc(C(=O)N2CCC3CN(C(=O)c4cc(O)ccc4F)CC32)ccc1O. The molecule has 2 amide bonds. The molecule has 0 radical (unpaired) electrons. The monoisotopic (exact) mass is 400 g/mol. The largest absolute Gasteiger partial charge is 0.508 e. The number of methoxy groups -OCH3 is 1. The number of aromatic hydroxyl groups is 2. The van der Waals surface area contributed by atoms with Crippen molar-refractivity contribution in [2.75, 3.05) is 26.7 Å². The standard InChI is InChI=1S/C21H21FN2O5/c1-29-19-8-12(2-5-18(19)26)20(27)24-7-6-13-10-23(11-17(13)24)21(28)15-9-14(25)3-4-16(15)22/h2-5,8-9,13,17,25-26H,6-7,10-11H2,1H3. The van der Waals surface area contributed by atoms with Gasteiger partial charge in [-0.25, -0.2) is 4.39 Å². The van der Waals surface area contributed by atoms with Crippen LogP contribution in [0.3, 0.4) is 0 Å². The molecule has 2 aromatic rings. The Morgan fingerprint density at radius 1 is 1.10 bits per heavy atom. The molecule has 2 atom stereocenters. The number of benzene rings is 2. The van der Waals surface area contributed by atoms with Gasteiger partial charge in [-0.15, -0.1) is 0 Å². The highest BCUT2D eigenvalue weighted by Crippen LogP contribution is 2.35. The molecule has 2 heterocycles. The maximum absolute atomic E-state index is 14.0. The summed E-state index contributed by atoms with van der Waals surface area (Å²) in [5, 5.41) is 19.3. The summed E-state index contributed by atoms with van der Waals surface area (Å²) in [5.41, 5.74) is 0.218. The summed E-state index contributed by atoms with van der Waals surface area (Å²) in [6, 6.07) is 7.65. The average Bonchev–Trinajstić information content (AvgIpc) is 3.30. The highest BCUT2D eigenvalue weighted by Gasteiger charge is 2.45. The summed E-state index contributed by atoms with van der Waals surface area (Å²) >= 11 is 0. The minimum Gasteiger partial charge on any atom is -0.508 e. The number of amides is 2. The van der Waals surface area contributed by atoms with Gasteiger partial charge in [-0.2, -0.15) is 0 Å². The fourth-order valence-electron chi connectivity index (χ4n) is 4.20. The van der Waals surface area contributed by atoms with E-state index in [2.05, 4.69) is 0 Å². The lowest BCUT2D eigenvalue weighted by Crippen LogP contribution is -2.40. The first kappa shape index (κ1) is 19.0. The second-order valence-corrected chi connectivity index (χ2v) is 7.38. The van der Waals surface area contributed by atoms with Gasteiger partial charge in [-0.05, 0) is 42.8 Å². The van der Waals surface area contributed by atoms with E-state index in [1.807, 2.05) is 0 Å². The number of likely N-dealkylation sites (tertiary alicyclic amines) is 2. The first-order chi connectivity index (χ1) is 13.9. The van der Waals surface area contributed by atoms with Crippen molar-refractivity contribution < 1.29 is 28.9 Å². The molecular weight excluding hydrogens is 379 g/mol. The molecule has 0 aliphatic carbocycles. The Kier molecular flexibility index (Phi) is 4.77. The Labute approximate surface area is 166 Å². The molecule has 7 nitrogen and oxygen atoms in total. The number of hydrogen-bond donors (Lipinski definition) is 2. The van der Waals surface area contributed by atoms with Crippen molar-refractivity contribution in [1.82, 2.24) is 9.80 Å². The van der Waals surface area contributed by atoms with Crippen molar-refractivity contribution in [3.8, 4) is 17.2 Å². The van der Waals surface area contributed by atoms with Crippen molar-refractivity contribution in [1.29, 1.82) is 0 Å². The lowest BCUT2D eigenvalue weighted by atomic mass is 10.0. The number of hydrogen-bond acceptors (Lipinski definition) is 5. The lowest BCUT2D eigenvalue weighted by Gasteiger charge is -2.25. The molecular formula is C21H21FN2O5. The minimum absolute atomic E-state index is 0.0471. The predicted molar refractivity (Wildman–Crippen MR) is 102 cm³/mol. The van der Waals surface area contributed by atoms with Crippen LogP contribution in [-0.4, -0.2) is 64.6 Å². The first-order valence-electron chi connectivity index (χ1n) is 9.35. The van der Waals surface area contributed by atoms with Gasteiger partial charge in [0.05, 0.1) is 18.7 Å². The van der Waals surface area contributed by atoms with Crippen LogP contribution in [0, 0.1) is 11.7 Å². The molecule has 8 heteroatoms. The molecule has 0 saturated carbocycles. The van der Waals surface area contributed by atoms with Gasteiger partial charge < -0.3 is 24.7 Å². The molecule has 0 aromatic heterocycles. The summed E-state index contributed by atoms with van der Waals surface area (Å²) in [4.78, 5) is 29.0. The topological polar surface area (TPSA) is 90.3 Å². The molecule has 2 fully saturated rings.